The largest absolute Gasteiger partial charge is 0.476 e. The molecular formula is C27H36N8O3. The summed E-state index contributed by atoms with van der Waals surface area (Å²) in [7, 11) is 3.94. The lowest BCUT2D eigenvalue weighted by Crippen LogP contribution is -2.32. The Morgan fingerprint density at radius 2 is 2.00 bits per heavy atom. The third-order valence-electron chi connectivity index (χ3n) is 6.87. The molecule has 5 rings (SSSR count). The molecule has 4 aromatic heterocycles. The molecule has 0 amide bonds. The van der Waals surface area contributed by atoms with Gasteiger partial charge in [-0.25, -0.2) is 4.68 Å². The van der Waals surface area contributed by atoms with Gasteiger partial charge in [-0.2, -0.15) is 10.2 Å². The standard InChI is InChI=1S/C27H36N8O3/c1-8-37-26-19-9-10-21-20-11-22(28-18(5)25(20)30-29-21)24-17(4)31-34(7)27(24)38-16(3)12-33(6)13-23(19)35(32-26)15(2)14-36/h9-11,15-16,36H,8,12-14H2,1-7H3,(H,29,30)/b10-9+/t15-,16+/m1/s1. The summed E-state index contributed by atoms with van der Waals surface area (Å²) in [5.41, 5.74) is 6.84. The number of ether oxygens (including phenoxy) is 2. The van der Waals surface area contributed by atoms with Crippen LogP contribution in [0.5, 0.6) is 11.8 Å². The third kappa shape index (κ3) is 4.56. The summed E-state index contributed by atoms with van der Waals surface area (Å²) in [5, 5.41) is 28.0. The van der Waals surface area contributed by atoms with Crippen LogP contribution in [0.25, 0.3) is 34.3 Å². The van der Waals surface area contributed by atoms with Crippen LogP contribution in [0.4, 0.5) is 0 Å². The number of aryl methyl sites for hydroxylation is 3. The van der Waals surface area contributed by atoms with Gasteiger partial charge < -0.3 is 14.6 Å². The van der Waals surface area contributed by atoms with Crippen molar-refractivity contribution in [3.05, 3.63) is 34.4 Å². The smallest absolute Gasteiger partial charge is 0.240 e. The molecule has 2 bridgehead atoms. The predicted octanol–water partition coefficient (Wildman–Crippen LogP) is 3.51. The van der Waals surface area contributed by atoms with E-state index in [1.807, 2.05) is 57.6 Å². The van der Waals surface area contributed by atoms with E-state index in [1.165, 1.54) is 0 Å². The van der Waals surface area contributed by atoms with E-state index in [2.05, 4.69) is 34.2 Å². The lowest BCUT2D eigenvalue weighted by Gasteiger charge is -2.24. The number of nitrogens with one attached hydrogen (secondary N) is 1. The van der Waals surface area contributed by atoms with Gasteiger partial charge in [0.05, 0.1) is 58.9 Å². The fourth-order valence-corrected chi connectivity index (χ4v) is 5.13. The average molecular weight is 521 g/mol. The van der Waals surface area contributed by atoms with Crippen LogP contribution in [0.2, 0.25) is 0 Å². The number of aliphatic hydroxyl groups is 1. The van der Waals surface area contributed by atoms with Gasteiger partial charge in [-0.1, -0.05) is 0 Å². The molecule has 202 valence electrons. The highest BCUT2D eigenvalue weighted by Gasteiger charge is 2.25. The van der Waals surface area contributed by atoms with E-state index in [4.69, 9.17) is 19.6 Å². The zero-order valence-corrected chi connectivity index (χ0v) is 23.1. The number of nitrogens with zero attached hydrogens (tertiary/aromatic N) is 7. The molecule has 0 spiro atoms. The summed E-state index contributed by atoms with van der Waals surface area (Å²) >= 11 is 0. The second-order valence-corrected chi connectivity index (χ2v) is 10.0. The number of fused-ring (bicyclic) bond motifs is 4. The summed E-state index contributed by atoms with van der Waals surface area (Å²) in [4.78, 5) is 7.07. The molecule has 11 heteroatoms. The first-order valence-corrected chi connectivity index (χ1v) is 13.0. The lowest BCUT2D eigenvalue weighted by molar-refractivity contribution is 0.145. The highest BCUT2D eigenvalue weighted by molar-refractivity contribution is 5.93. The van der Waals surface area contributed by atoms with E-state index in [0.29, 0.717) is 31.5 Å². The third-order valence-corrected chi connectivity index (χ3v) is 6.87. The normalized spacial score (nSPS) is 17.9. The van der Waals surface area contributed by atoms with Crippen LogP contribution >= 0.6 is 0 Å². The Morgan fingerprint density at radius 1 is 1.21 bits per heavy atom. The second kappa shape index (κ2) is 10.2. The number of aromatic amines is 1. The highest BCUT2D eigenvalue weighted by Crippen LogP contribution is 2.36. The highest BCUT2D eigenvalue weighted by atomic mass is 16.5. The quantitative estimate of drug-likeness (QED) is 0.420. The molecule has 0 saturated carbocycles. The van der Waals surface area contributed by atoms with E-state index in [1.54, 1.807) is 4.68 Å². The summed E-state index contributed by atoms with van der Waals surface area (Å²) in [6.07, 6.45) is 3.89. The van der Waals surface area contributed by atoms with Gasteiger partial charge in [0, 0.05) is 25.5 Å². The first-order valence-electron chi connectivity index (χ1n) is 13.0. The fourth-order valence-electron chi connectivity index (χ4n) is 5.13. The summed E-state index contributed by atoms with van der Waals surface area (Å²) in [6.45, 7) is 11.6. The molecular weight excluding hydrogens is 484 g/mol. The molecule has 0 aromatic carbocycles. The molecule has 5 heterocycles. The minimum atomic E-state index is -0.209. The van der Waals surface area contributed by atoms with Gasteiger partial charge in [0.1, 0.15) is 11.6 Å². The van der Waals surface area contributed by atoms with E-state index in [0.717, 1.165) is 50.5 Å². The number of pyridine rings is 1. The van der Waals surface area contributed by atoms with Gasteiger partial charge >= 0.3 is 0 Å². The van der Waals surface area contributed by atoms with Crippen molar-refractivity contribution in [2.75, 3.05) is 26.8 Å². The Balaban J connectivity index is 1.75. The number of likely N-dealkylation sites (N-methyl/N-ethyl adjacent to an activating group) is 1. The lowest BCUT2D eigenvalue weighted by atomic mass is 10.1. The van der Waals surface area contributed by atoms with Crippen molar-refractivity contribution in [1.29, 1.82) is 0 Å². The van der Waals surface area contributed by atoms with Gasteiger partial charge in [0.15, 0.2) is 0 Å². The Hall–Kier alpha value is -3.70. The van der Waals surface area contributed by atoms with E-state index < -0.39 is 0 Å². The minimum absolute atomic E-state index is 0.0323. The molecule has 0 saturated heterocycles. The molecule has 2 atom stereocenters. The molecule has 0 aliphatic carbocycles. The summed E-state index contributed by atoms with van der Waals surface area (Å²) in [5.74, 6) is 1.22. The molecule has 1 aliphatic heterocycles. The summed E-state index contributed by atoms with van der Waals surface area (Å²) < 4.78 is 16.1. The van der Waals surface area contributed by atoms with Crippen molar-refractivity contribution in [2.24, 2.45) is 7.05 Å². The van der Waals surface area contributed by atoms with Crippen molar-refractivity contribution < 1.29 is 14.6 Å². The van der Waals surface area contributed by atoms with Crippen molar-refractivity contribution in [1.82, 2.24) is 39.6 Å². The van der Waals surface area contributed by atoms with Crippen molar-refractivity contribution in [3.63, 3.8) is 0 Å². The molecule has 2 N–H and O–H groups in total. The van der Waals surface area contributed by atoms with Crippen molar-refractivity contribution in [2.45, 2.75) is 53.3 Å². The van der Waals surface area contributed by atoms with Crippen LogP contribution in [0.15, 0.2) is 6.07 Å². The maximum absolute atomic E-state index is 9.96. The Bertz CT molecular complexity index is 1500. The van der Waals surface area contributed by atoms with Gasteiger partial charge in [0.25, 0.3) is 0 Å². The molecule has 4 aromatic rings. The Kier molecular flexibility index (Phi) is 6.97. The molecule has 0 unspecified atom stereocenters. The number of aromatic nitrogens is 7. The predicted molar refractivity (Wildman–Crippen MR) is 146 cm³/mol. The van der Waals surface area contributed by atoms with Crippen LogP contribution in [0, 0.1) is 13.8 Å². The second-order valence-electron chi connectivity index (χ2n) is 10.0. The molecule has 0 fully saturated rings. The van der Waals surface area contributed by atoms with Crippen LogP contribution < -0.4 is 9.47 Å². The number of rotatable bonds is 4. The molecule has 0 radical (unpaired) electrons. The Labute approximate surface area is 222 Å². The van der Waals surface area contributed by atoms with Crippen LogP contribution in [0.3, 0.4) is 0 Å². The summed E-state index contributed by atoms with van der Waals surface area (Å²) in [6, 6.07) is 1.83. The Morgan fingerprint density at radius 3 is 2.74 bits per heavy atom. The molecule has 1 aliphatic rings. The first kappa shape index (κ1) is 25.9. The fraction of sp³-hybridized carbons (Fsp3) is 0.481. The SMILES string of the molecule is CCOc1nn([C@H](C)CO)c2c1/C=C/c1[nH]nc3c(C)nc(cc13)-c1c(C)nn(C)c1O[C@@H](C)CN(C)C2. The van der Waals surface area contributed by atoms with Gasteiger partial charge in [0.2, 0.25) is 11.8 Å². The van der Waals surface area contributed by atoms with E-state index >= 15 is 0 Å². The van der Waals surface area contributed by atoms with Crippen LogP contribution in [-0.4, -0.2) is 77.7 Å². The van der Waals surface area contributed by atoms with E-state index in [-0.39, 0.29) is 18.8 Å². The molecule has 11 nitrogen and oxygen atoms in total. The molecule has 38 heavy (non-hydrogen) atoms. The number of hydrogen-bond donors (Lipinski definition) is 2. The number of aliphatic hydroxyl groups excluding tert-OH is 1. The topological polar surface area (TPSA) is 119 Å². The number of H-pyrrole nitrogens is 1. The average Bonchev–Trinajstić information content (AvgIpc) is 3.51. The monoisotopic (exact) mass is 520 g/mol. The first-order chi connectivity index (χ1) is 18.2. The van der Waals surface area contributed by atoms with Gasteiger partial charge in [-0.3, -0.25) is 19.7 Å². The maximum Gasteiger partial charge on any atom is 0.240 e. The minimum Gasteiger partial charge on any atom is -0.476 e. The zero-order chi connectivity index (χ0) is 27.1. The van der Waals surface area contributed by atoms with Gasteiger partial charge in [-0.15, -0.1) is 5.10 Å². The van der Waals surface area contributed by atoms with Crippen molar-refractivity contribution in [3.8, 4) is 23.0 Å². The van der Waals surface area contributed by atoms with Gasteiger partial charge in [-0.05, 0) is 59.9 Å². The van der Waals surface area contributed by atoms with E-state index in [9.17, 15) is 5.11 Å². The maximum atomic E-state index is 9.96. The zero-order valence-electron chi connectivity index (χ0n) is 23.1. The van der Waals surface area contributed by atoms with Crippen LogP contribution in [0.1, 0.15) is 55.2 Å². The van der Waals surface area contributed by atoms with Crippen LogP contribution in [-0.2, 0) is 13.6 Å². The van der Waals surface area contributed by atoms with Crippen molar-refractivity contribution >= 4 is 23.1 Å². The number of hydrogen-bond acceptors (Lipinski definition) is 8.